The highest BCUT2D eigenvalue weighted by atomic mass is 14.9. The van der Waals surface area contributed by atoms with E-state index in [2.05, 4.69) is 37.4 Å². The predicted molar refractivity (Wildman–Crippen MR) is 71.9 cm³/mol. The zero-order chi connectivity index (χ0) is 11.8. The summed E-state index contributed by atoms with van der Waals surface area (Å²) in [6.45, 7) is 6.19. The van der Waals surface area contributed by atoms with Gasteiger partial charge in [-0.3, -0.25) is 0 Å². The van der Waals surface area contributed by atoms with Gasteiger partial charge in [-0.1, -0.05) is 18.9 Å². The smallest absolute Gasteiger partial charge is 0.0342 e. The molecule has 0 spiro atoms. The van der Waals surface area contributed by atoms with E-state index in [0.717, 1.165) is 19.5 Å². The topological polar surface area (TPSA) is 38.0 Å². The standard InChI is InChI=1S/C14H24N2/c1-12-7-8-14(11-13(12)2)16-10-6-4-3-5-9-15/h7-8,11,16H,3-6,9-10,15H2,1-2H3. The summed E-state index contributed by atoms with van der Waals surface area (Å²) in [5.41, 5.74) is 9.40. The van der Waals surface area contributed by atoms with Gasteiger partial charge in [0.05, 0.1) is 0 Å². The molecule has 1 rings (SSSR count). The van der Waals surface area contributed by atoms with E-state index < -0.39 is 0 Å². The number of hydrogen-bond donors (Lipinski definition) is 2. The van der Waals surface area contributed by atoms with Crippen molar-refractivity contribution < 1.29 is 0 Å². The Kier molecular flexibility index (Phi) is 5.94. The van der Waals surface area contributed by atoms with Crippen LogP contribution in [0.3, 0.4) is 0 Å². The molecule has 0 saturated heterocycles. The molecule has 2 heteroatoms. The Labute approximate surface area is 99.2 Å². The lowest BCUT2D eigenvalue weighted by molar-refractivity contribution is 0.661. The number of nitrogens with two attached hydrogens (primary N) is 1. The highest BCUT2D eigenvalue weighted by Crippen LogP contribution is 2.14. The van der Waals surface area contributed by atoms with Gasteiger partial charge in [0.25, 0.3) is 0 Å². The molecule has 0 atom stereocenters. The lowest BCUT2D eigenvalue weighted by atomic mass is 10.1. The van der Waals surface area contributed by atoms with E-state index >= 15 is 0 Å². The molecule has 0 amide bonds. The third kappa shape index (κ3) is 4.67. The third-order valence-electron chi connectivity index (χ3n) is 2.97. The summed E-state index contributed by atoms with van der Waals surface area (Å²) in [4.78, 5) is 0. The molecular weight excluding hydrogens is 196 g/mol. The van der Waals surface area contributed by atoms with Crippen LogP contribution in [0.1, 0.15) is 36.8 Å². The van der Waals surface area contributed by atoms with Crippen LogP contribution in [-0.4, -0.2) is 13.1 Å². The van der Waals surface area contributed by atoms with Crippen LogP contribution < -0.4 is 11.1 Å². The Hall–Kier alpha value is -1.02. The molecule has 0 aromatic heterocycles. The maximum Gasteiger partial charge on any atom is 0.0342 e. The molecule has 0 aliphatic carbocycles. The highest BCUT2D eigenvalue weighted by molar-refractivity contribution is 5.47. The van der Waals surface area contributed by atoms with E-state index in [1.807, 2.05) is 0 Å². The van der Waals surface area contributed by atoms with Crippen molar-refractivity contribution in [3.8, 4) is 0 Å². The lowest BCUT2D eigenvalue weighted by Gasteiger charge is -2.08. The van der Waals surface area contributed by atoms with Crippen molar-refractivity contribution in [3.63, 3.8) is 0 Å². The summed E-state index contributed by atoms with van der Waals surface area (Å²) in [6.07, 6.45) is 4.91. The van der Waals surface area contributed by atoms with E-state index in [-0.39, 0.29) is 0 Å². The molecule has 0 bridgehead atoms. The van der Waals surface area contributed by atoms with E-state index in [4.69, 9.17) is 5.73 Å². The van der Waals surface area contributed by atoms with Crippen molar-refractivity contribution in [3.05, 3.63) is 29.3 Å². The first-order valence-electron chi connectivity index (χ1n) is 6.25. The Balaban J connectivity index is 2.19. The first-order valence-corrected chi connectivity index (χ1v) is 6.25. The van der Waals surface area contributed by atoms with Crippen molar-refractivity contribution in [2.45, 2.75) is 39.5 Å². The minimum absolute atomic E-state index is 0.824. The van der Waals surface area contributed by atoms with Crippen LogP contribution in [0.25, 0.3) is 0 Å². The molecule has 0 aliphatic rings. The summed E-state index contributed by atoms with van der Waals surface area (Å²) < 4.78 is 0. The number of anilines is 1. The second-order valence-electron chi connectivity index (χ2n) is 4.43. The molecule has 3 N–H and O–H groups in total. The minimum Gasteiger partial charge on any atom is -0.385 e. The second-order valence-corrected chi connectivity index (χ2v) is 4.43. The molecule has 0 heterocycles. The van der Waals surface area contributed by atoms with Crippen LogP contribution in [0.5, 0.6) is 0 Å². The third-order valence-corrected chi connectivity index (χ3v) is 2.97. The highest BCUT2D eigenvalue weighted by Gasteiger charge is 1.95. The number of aryl methyl sites for hydroxylation is 2. The molecule has 0 aliphatic heterocycles. The Morgan fingerprint density at radius 2 is 1.75 bits per heavy atom. The molecule has 0 saturated carbocycles. The summed E-state index contributed by atoms with van der Waals surface area (Å²) in [5, 5.41) is 3.46. The number of benzene rings is 1. The molecule has 0 radical (unpaired) electrons. The first-order chi connectivity index (χ1) is 7.74. The van der Waals surface area contributed by atoms with Gasteiger partial charge in [0.2, 0.25) is 0 Å². The fourth-order valence-corrected chi connectivity index (χ4v) is 1.71. The van der Waals surface area contributed by atoms with Crippen molar-refractivity contribution in [1.82, 2.24) is 0 Å². The van der Waals surface area contributed by atoms with Crippen molar-refractivity contribution in [1.29, 1.82) is 0 Å². The van der Waals surface area contributed by atoms with Gasteiger partial charge in [0.15, 0.2) is 0 Å². The predicted octanol–water partition coefficient (Wildman–Crippen LogP) is 3.23. The summed E-state index contributed by atoms with van der Waals surface area (Å²) in [7, 11) is 0. The zero-order valence-corrected chi connectivity index (χ0v) is 10.6. The van der Waals surface area contributed by atoms with Crippen molar-refractivity contribution in [2.75, 3.05) is 18.4 Å². The average Bonchev–Trinajstić information content (AvgIpc) is 2.28. The zero-order valence-electron chi connectivity index (χ0n) is 10.6. The number of hydrogen-bond acceptors (Lipinski definition) is 2. The summed E-state index contributed by atoms with van der Waals surface area (Å²) in [6, 6.07) is 6.55. The molecule has 0 unspecified atom stereocenters. The SMILES string of the molecule is Cc1ccc(NCCCCCCN)cc1C. The summed E-state index contributed by atoms with van der Waals surface area (Å²) in [5.74, 6) is 0. The quantitative estimate of drug-likeness (QED) is 0.692. The van der Waals surface area contributed by atoms with E-state index in [9.17, 15) is 0 Å². The van der Waals surface area contributed by atoms with Gasteiger partial charge in [-0.25, -0.2) is 0 Å². The maximum absolute atomic E-state index is 5.45. The lowest BCUT2D eigenvalue weighted by Crippen LogP contribution is -2.03. The summed E-state index contributed by atoms with van der Waals surface area (Å²) >= 11 is 0. The second kappa shape index (κ2) is 7.29. The normalized spacial score (nSPS) is 10.4. The van der Waals surface area contributed by atoms with Crippen LogP contribution in [0, 0.1) is 13.8 Å². The maximum atomic E-state index is 5.45. The minimum atomic E-state index is 0.824. The average molecular weight is 220 g/mol. The fraction of sp³-hybridized carbons (Fsp3) is 0.571. The molecule has 1 aromatic carbocycles. The molecule has 1 aromatic rings. The Morgan fingerprint density at radius 1 is 1.00 bits per heavy atom. The van der Waals surface area contributed by atoms with Gasteiger partial charge in [-0.2, -0.15) is 0 Å². The Morgan fingerprint density at radius 3 is 2.44 bits per heavy atom. The van der Waals surface area contributed by atoms with E-state index in [1.165, 1.54) is 36.1 Å². The first kappa shape index (κ1) is 13.0. The molecule has 16 heavy (non-hydrogen) atoms. The monoisotopic (exact) mass is 220 g/mol. The van der Waals surface area contributed by atoms with Crippen LogP contribution >= 0.6 is 0 Å². The van der Waals surface area contributed by atoms with Crippen molar-refractivity contribution >= 4 is 5.69 Å². The van der Waals surface area contributed by atoms with Crippen LogP contribution in [-0.2, 0) is 0 Å². The van der Waals surface area contributed by atoms with Gasteiger partial charge in [0, 0.05) is 12.2 Å². The fourth-order valence-electron chi connectivity index (χ4n) is 1.71. The number of unbranched alkanes of at least 4 members (excludes halogenated alkanes) is 3. The largest absolute Gasteiger partial charge is 0.385 e. The Bertz CT molecular complexity index is 308. The van der Waals surface area contributed by atoms with Gasteiger partial charge in [0.1, 0.15) is 0 Å². The van der Waals surface area contributed by atoms with Crippen LogP contribution in [0.4, 0.5) is 5.69 Å². The molecule has 90 valence electrons. The van der Waals surface area contributed by atoms with Gasteiger partial charge >= 0.3 is 0 Å². The van der Waals surface area contributed by atoms with E-state index in [0.29, 0.717) is 0 Å². The van der Waals surface area contributed by atoms with Crippen LogP contribution in [0.15, 0.2) is 18.2 Å². The number of nitrogens with one attached hydrogen (secondary N) is 1. The van der Waals surface area contributed by atoms with Crippen LogP contribution in [0.2, 0.25) is 0 Å². The van der Waals surface area contributed by atoms with E-state index in [1.54, 1.807) is 0 Å². The van der Waals surface area contributed by atoms with Crippen molar-refractivity contribution in [2.24, 2.45) is 5.73 Å². The van der Waals surface area contributed by atoms with Gasteiger partial charge in [-0.05, 0) is 56.5 Å². The van der Waals surface area contributed by atoms with Gasteiger partial charge in [-0.15, -0.1) is 0 Å². The van der Waals surface area contributed by atoms with Gasteiger partial charge < -0.3 is 11.1 Å². The molecule has 2 nitrogen and oxygen atoms in total. The molecule has 0 fully saturated rings. The number of rotatable bonds is 7. The molecular formula is C14H24N2.